The molecule has 0 saturated heterocycles. The number of carbonyl (C=O) groups excluding carboxylic acids is 1. The van der Waals surface area contributed by atoms with E-state index in [9.17, 15) is 13.2 Å². The third-order valence-electron chi connectivity index (χ3n) is 3.62. The zero-order valence-corrected chi connectivity index (χ0v) is 15.9. The zero-order chi connectivity index (χ0) is 15.8. The SMILES string of the molecule is CC1CCC(C(=O)NS(=O)(=O)c2c(Cl)sc(Cl)c2Br)CC1. The van der Waals surface area contributed by atoms with Crippen LogP contribution in [-0.2, 0) is 14.8 Å². The van der Waals surface area contributed by atoms with Crippen molar-refractivity contribution in [3.63, 3.8) is 0 Å². The van der Waals surface area contributed by atoms with Gasteiger partial charge in [-0.2, -0.15) is 0 Å². The lowest BCUT2D eigenvalue weighted by Gasteiger charge is -2.25. The van der Waals surface area contributed by atoms with Crippen molar-refractivity contribution in [2.45, 2.75) is 37.5 Å². The highest BCUT2D eigenvalue weighted by Crippen LogP contribution is 2.43. The average molecular weight is 435 g/mol. The van der Waals surface area contributed by atoms with Gasteiger partial charge in [-0.25, -0.2) is 13.1 Å². The molecule has 0 unspecified atom stereocenters. The zero-order valence-electron chi connectivity index (χ0n) is 11.2. The summed E-state index contributed by atoms with van der Waals surface area (Å²) >= 11 is 15.8. The third kappa shape index (κ3) is 3.93. The summed E-state index contributed by atoms with van der Waals surface area (Å²) in [5, 5.41) is 0. The monoisotopic (exact) mass is 433 g/mol. The highest BCUT2D eigenvalue weighted by molar-refractivity contribution is 9.10. The first-order valence-corrected chi connectivity index (χ1v) is 10.3. The van der Waals surface area contributed by atoms with Crippen LogP contribution in [0.2, 0.25) is 8.67 Å². The first-order chi connectivity index (χ1) is 9.72. The third-order valence-corrected chi connectivity index (χ3v) is 8.43. The summed E-state index contributed by atoms with van der Waals surface area (Å²) in [4.78, 5) is 12.0. The van der Waals surface area contributed by atoms with Crippen molar-refractivity contribution in [3.05, 3.63) is 13.1 Å². The number of thiophene rings is 1. The molecule has 0 atom stereocenters. The fraction of sp³-hybridized carbons (Fsp3) is 0.583. The van der Waals surface area contributed by atoms with E-state index in [1.165, 1.54) is 0 Å². The van der Waals surface area contributed by atoms with E-state index in [0.717, 1.165) is 24.2 Å². The quantitative estimate of drug-likeness (QED) is 0.764. The molecule has 1 aliphatic rings. The second-order valence-corrected chi connectivity index (χ2v) is 9.86. The van der Waals surface area contributed by atoms with E-state index in [4.69, 9.17) is 23.2 Å². The number of sulfonamides is 1. The second-order valence-electron chi connectivity index (χ2n) is 5.22. The van der Waals surface area contributed by atoms with Crippen LogP contribution < -0.4 is 4.72 Å². The summed E-state index contributed by atoms with van der Waals surface area (Å²) in [6, 6.07) is 0. The van der Waals surface area contributed by atoms with Gasteiger partial charge < -0.3 is 0 Å². The largest absolute Gasteiger partial charge is 0.274 e. The molecular weight excluding hydrogens is 421 g/mol. The molecule has 118 valence electrons. The Balaban J connectivity index is 2.16. The predicted octanol–water partition coefficient (Wildman–Crippen LogP) is 4.45. The molecule has 0 radical (unpaired) electrons. The number of carbonyl (C=O) groups is 1. The maximum Gasteiger partial charge on any atom is 0.267 e. The molecule has 1 N–H and O–H groups in total. The van der Waals surface area contributed by atoms with Gasteiger partial charge in [0.15, 0.2) is 0 Å². The first-order valence-electron chi connectivity index (χ1n) is 6.42. The molecule has 1 heterocycles. The van der Waals surface area contributed by atoms with E-state index in [-0.39, 0.29) is 24.0 Å². The number of rotatable bonds is 3. The van der Waals surface area contributed by atoms with Crippen LogP contribution in [0.3, 0.4) is 0 Å². The van der Waals surface area contributed by atoms with Crippen LogP contribution in [0.15, 0.2) is 9.37 Å². The number of amides is 1. The lowest BCUT2D eigenvalue weighted by molar-refractivity contribution is -0.124. The molecule has 1 amide bonds. The standard InChI is InChI=1S/C12H14BrCl2NO3S2/c1-6-2-4-7(5-3-6)12(17)16-21(18,19)9-8(13)10(14)20-11(9)15/h6-7H,2-5H2,1H3,(H,16,17). The highest BCUT2D eigenvalue weighted by Gasteiger charge is 2.31. The van der Waals surface area contributed by atoms with Crippen LogP contribution in [0.25, 0.3) is 0 Å². The molecule has 9 heteroatoms. The molecule has 1 fully saturated rings. The second kappa shape index (κ2) is 6.74. The molecule has 4 nitrogen and oxygen atoms in total. The van der Waals surface area contributed by atoms with E-state index < -0.39 is 15.9 Å². The maximum absolute atomic E-state index is 12.3. The fourth-order valence-electron chi connectivity index (χ4n) is 2.36. The van der Waals surface area contributed by atoms with Gasteiger partial charge in [-0.05, 0) is 47.5 Å². The molecule has 1 aliphatic carbocycles. The summed E-state index contributed by atoms with van der Waals surface area (Å²) < 4.78 is 27.2. The Morgan fingerprint density at radius 1 is 1.24 bits per heavy atom. The summed E-state index contributed by atoms with van der Waals surface area (Å²) in [6.45, 7) is 2.13. The van der Waals surface area contributed by atoms with E-state index in [0.29, 0.717) is 18.8 Å². The maximum atomic E-state index is 12.3. The van der Waals surface area contributed by atoms with Gasteiger partial charge in [-0.15, -0.1) is 11.3 Å². The molecule has 0 aromatic carbocycles. The topological polar surface area (TPSA) is 63.2 Å². The Labute approximate surface area is 146 Å². The molecule has 1 saturated carbocycles. The molecule has 1 aromatic heterocycles. The minimum Gasteiger partial charge on any atom is -0.274 e. The Hall–Kier alpha value is 0.180. The number of hydrogen-bond donors (Lipinski definition) is 1. The summed E-state index contributed by atoms with van der Waals surface area (Å²) in [6.07, 6.45) is 3.29. The van der Waals surface area contributed by atoms with Gasteiger partial charge in [0, 0.05) is 5.92 Å². The molecule has 0 aliphatic heterocycles. The molecule has 2 rings (SSSR count). The van der Waals surface area contributed by atoms with Gasteiger partial charge in [-0.1, -0.05) is 30.1 Å². The molecule has 21 heavy (non-hydrogen) atoms. The van der Waals surface area contributed by atoms with Crippen LogP contribution in [0.4, 0.5) is 0 Å². The average Bonchev–Trinajstić information content (AvgIpc) is 2.63. The Morgan fingerprint density at radius 3 is 2.29 bits per heavy atom. The van der Waals surface area contributed by atoms with Crippen LogP contribution in [-0.4, -0.2) is 14.3 Å². The molecule has 0 bridgehead atoms. The number of hydrogen-bond acceptors (Lipinski definition) is 4. The molecule has 1 aromatic rings. The minimum absolute atomic E-state index is 0.0319. The van der Waals surface area contributed by atoms with E-state index in [1.54, 1.807) is 0 Å². The fourth-order valence-corrected chi connectivity index (χ4v) is 6.96. The van der Waals surface area contributed by atoms with E-state index >= 15 is 0 Å². The number of nitrogens with one attached hydrogen (secondary N) is 1. The van der Waals surface area contributed by atoms with Crippen LogP contribution in [0.1, 0.15) is 32.6 Å². The predicted molar refractivity (Wildman–Crippen MR) is 88.5 cm³/mol. The smallest absolute Gasteiger partial charge is 0.267 e. The van der Waals surface area contributed by atoms with Crippen molar-refractivity contribution in [2.75, 3.05) is 0 Å². The van der Waals surface area contributed by atoms with Crippen molar-refractivity contribution in [3.8, 4) is 0 Å². The van der Waals surface area contributed by atoms with Crippen molar-refractivity contribution < 1.29 is 13.2 Å². The Morgan fingerprint density at radius 2 is 1.81 bits per heavy atom. The Bertz CT molecular complexity index is 652. The van der Waals surface area contributed by atoms with Crippen LogP contribution in [0, 0.1) is 11.8 Å². The van der Waals surface area contributed by atoms with Gasteiger partial charge in [-0.3, -0.25) is 4.79 Å². The summed E-state index contributed by atoms with van der Waals surface area (Å²) in [5.41, 5.74) is 0. The van der Waals surface area contributed by atoms with E-state index in [2.05, 4.69) is 27.6 Å². The molecule has 0 spiro atoms. The van der Waals surface area contributed by atoms with Gasteiger partial charge in [0.2, 0.25) is 5.91 Å². The van der Waals surface area contributed by atoms with Gasteiger partial charge in [0.25, 0.3) is 10.0 Å². The minimum atomic E-state index is -4.02. The summed E-state index contributed by atoms with van der Waals surface area (Å²) in [7, 11) is -4.02. The van der Waals surface area contributed by atoms with Crippen molar-refractivity contribution in [2.24, 2.45) is 11.8 Å². The van der Waals surface area contributed by atoms with Crippen molar-refractivity contribution in [1.82, 2.24) is 4.72 Å². The van der Waals surface area contributed by atoms with Crippen LogP contribution >= 0.6 is 50.5 Å². The normalized spacial score (nSPS) is 23.0. The lowest BCUT2D eigenvalue weighted by atomic mass is 9.83. The van der Waals surface area contributed by atoms with Crippen molar-refractivity contribution in [1.29, 1.82) is 0 Å². The summed E-state index contributed by atoms with van der Waals surface area (Å²) in [5.74, 6) is -0.139. The van der Waals surface area contributed by atoms with Gasteiger partial charge in [0.1, 0.15) is 13.6 Å². The molecular formula is C12H14BrCl2NO3S2. The first kappa shape index (κ1) is 17.5. The Kier molecular flexibility index (Phi) is 5.63. The van der Waals surface area contributed by atoms with Crippen LogP contribution in [0.5, 0.6) is 0 Å². The van der Waals surface area contributed by atoms with E-state index in [1.807, 2.05) is 0 Å². The number of halogens is 3. The van der Waals surface area contributed by atoms with Gasteiger partial charge in [0.05, 0.1) is 4.47 Å². The highest BCUT2D eigenvalue weighted by atomic mass is 79.9. The van der Waals surface area contributed by atoms with Gasteiger partial charge >= 0.3 is 0 Å². The van der Waals surface area contributed by atoms with Crippen molar-refractivity contribution >= 4 is 66.4 Å². The lowest BCUT2D eigenvalue weighted by Crippen LogP contribution is -2.37.